The summed E-state index contributed by atoms with van der Waals surface area (Å²) >= 11 is 1.20. The topological polar surface area (TPSA) is 93.2 Å². The molecule has 0 aliphatic rings. The number of rotatable bonds is 3. The second kappa shape index (κ2) is 5.58. The second-order valence-corrected chi connectivity index (χ2v) is 4.98. The standard InChI is InChI=1S/C9H14N4O3S/c1-9(2,3)16-8(15)10-4-6(14)12-7-13-11-5-17-7/h5H,4H2,1-3H3,(H,10,15)(H,12,13,14). The first-order chi connectivity index (χ1) is 7.87. The van der Waals surface area contributed by atoms with Crippen molar-refractivity contribution in [2.24, 2.45) is 0 Å². The van der Waals surface area contributed by atoms with Crippen LogP contribution in [0.5, 0.6) is 0 Å². The molecule has 0 aliphatic heterocycles. The third kappa shape index (κ3) is 5.81. The molecule has 1 heterocycles. The summed E-state index contributed by atoms with van der Waals surface area (Å²) in [5.41, 5.74) is 0.913. The maximum atomic E-state index is 11.3. The van der Waals surface area contributed by atoms with Crippen LogP contribution in [0.3, 0.4) is 0 Å². The number of alkyl carbamates (subject to hydrolysis) is 1. The van der Waals surface area contributed by atoms with Crippen LogP contribution in [0.2, 0.25) is 0 Å². The van der Waals surface area contributed by atoms with Gasteiger partial charge in [-0.1, -0.05) is 11.3 Å². The first kappa shape index (κ1) is 13.4. The van der Waals surface area contributed by atoms with E-state index in [9.17, 15) is 9.59 Å². The normalized spacial score (nSPS) is 10.8. The Morgan fingerprint density at radius 2 is 2.18 bits per heavy atom. The van der Waals surface area contributed by atoms with Crippen LogP contribution >= 0.6 is 11.3 Å². The number of hydrogen-bond acceptors (Lipinski definition) is 6. The van der Waals surface area contributed by atoms with E-state index in [1.807, 2.05) is 0 Å². The summed E-state index contributed by atoms with van der Waals surface area (Å²) in [5.74, 6) is -0.382. The summed E-state index contributed by atoms with van der Waals surface area (Å²) in [6.45, 7) is 5.06. The van der Waals surface area contributed by atoms with E-state index in [0.29, 0.717) is 5.13 Å². The Kier molecular flexibility index (Phi) is 4.38. The Labute approximate surface area is 103 Å². The lowest BCUT2D eigenvalue weighted by atomic mass is 10.2. The molecule has 0 unspecified atom stereocenters. The van der Waals surface area contributed by atoms with Gasteiger partial charge in [0.1, 0.15) is 17.7 Å². The molecule has 2 amide bonds. The number of anilines is 1. The second-order valence-electron chi connectivity index (χ2n) is 4.15. The summed E-state index contributed by atoms with van der Waals surface area (Å²) in [5, 5.41) is 12.4. The Balaban J connectivity index is 2.26. The predicted octanol–water partition coefficient (Wildman–Crippen LogP) is 1.00. The van der Waals surface area contributed by atoms with Gasteiger partial charge in [-0.3, -0.25) is 10.1 Å². The van der Waals surface area contributed by atoms with Crippen LogP contribution < -0.4 is 10.6 Å². The summed E-state index contributed by atoms with van der Waals surface area (Å²) in [6, 6.07) is 0. The molecule has 2 N–H and O–H groups in total. The molecule has 0 fully saturated rings. The lowest BCUT2D eigenvalue weighted by molar-refractivity contribution is -0.115. The van der Waals surface area contributed by atoms with Crippen LogP contribution in [0.1, 0.15) is 20.8 Å². The molecule has 0 aromatic carbocycles. The highest BCUT2D eigenvalue weighted by atomic mass is 32.1. The van der Waals surface area contributed by atoms with Gasteiger partial charge in [-0.05, 0) is 20.8 Å². The number of nitrogens with one attached hydrogen (secondary N) is 2. The minimum absolute atomic E-state index is 0.172. The van der Waals surface area contributed by atoms with Crippen LogP contribution in [-0.4, -0.2) is 34.3 Å². The van der Waals surface area contributed by atoms with Crippen molar-refractivity contribution in [3.8, 4) is 0 Å². The maximum absolute atomic E-state index is 11.3. The average molecular weight is 258 g/mol. The Hall–Kier alpha value is -1.70. The van der Waals surface area contributed by atoms with Gasteiger partial charge in [-0.15, -0.1) is 10.2 Å². The van der Waals surface area contributed by atoms with Crippen molar-refractivity contribution in [3.63, 3.8) is 0 Å². The Morgan fingerprint density at radius 3 is 2.71 bits per heavy atom. The van der Waals surface area contributed by atoms with Crippen LogP contribution in [0.15, 0.2) is 5.51 Å². The quantitative estimate of drug-likeness (QED) is 0.843. The van der Waals surface area contributed by atoms with Gasteiger partial charge in [0.15, 0.2) is 0 Å². The zero-order chi connectivity index (χ0) is 12.9. The van der Waals surface area contributed by atoms with Gasteiger partial charge in [0, 0.05) is 0 Å². The number of aromatic nitrogens is 2. The fourth-order valence-corrected chi connectivity index (χ4v) is 1.32. The lowest BCUT2D eigenvalue weighted by Crippen LogP contribution is -2.37. The molecule has 0 bridgehead atoms. The predicted molar refractivity (Wildman–Crippen MR) is 62.8 cm³/mol. The summed E-state index contributed by atoms with van der Waals surface area (Å²) in [4.78, 5) is 22.6. The van der Waals surface area contributed by atoms with E-state index < -0.39 is 11.7 Å². The zero-order valence-electron chi connectivity index (χ0n) is 9.81. The number of carbonyl (C=O) groups is 2. The van der Waals surface area contributed by atoms with E-state index >= 15 is 0 Å². The molecule has 8 heteroatoms. The van der Waals surface area contributed by atoms with Gasteiger partial charge < -0.3 is 10.1 Å². The van der Waals surface area contributed by atoms with Crippen molar-refractivity contribution in [2.45, 2.75) is 26.4 Å². The molecule has 1 aromatic rings. The largest absolute Gasteiger partial charge is 0.444 e. The van der Waals surface area contributed by atoms with Crippen LogP contribution in [0.4, 0.5) is 9.93 Å². The molecule has 0 spiro atoms. The highest BCUT2D eigenvalue weighted by Crippen LogP contribution is 2.07. The van der Waals surface area contributed by atoms with Gasteiger partial charge >= 0.3 is 6.09 Å². The molecule has 1 aromatic heterocycles. The van der Waals surface area contributed by atoms with Crippen molar-refractivity contribution in [2.75, 3.05) is 11.9 Å². The number of ether oxygens (including phenoxy) is 1. The maximum Gasteiger partial charge on any atom is 0.408 e. The number of amides is 2. The molecule has 0 atom stereocenters. The molecule has 1 rings (SSSR count). The molecule has 0 aliphatic carbocycles. The lowest BCUT2D eigenvalue weighted by Gasteiger charge is -2.19. The Bertz CT molecular complexity index is 385. The van der Waals surface area contributed by atoms with E-state index in [-0.39, 0.29) is 12.5 Å². The number of hydrogen-bond donors (Lipinski definition) is 2. The van der Waals surface area contributed by atoms with E-state index in [2.05, 4.69) is 20.8 Å². The molecule has 0 saturated heterocycles. The fourth-order valence-electron chi connectivity index (χ4n) is 0.858. The van der Waals surface area contributed by atoms with Gasteiger partial charge in [-0.2, -0.15) is 0 Å². The zero-order valence-corrected chi connectivity index (χ0v) is 10.6. The van der Waals surface area contributed by atoms with Crippen LogP contribution in [0, 0.1) is 0 Å². The first-order valence-corrected chi connectivity index (χ1v) is 5.77. The summed E-state index contributed by atoms with van der Waals surface area (Å²) in [7, 11) is 0. The highest BCUT2D eigenvalue weighted by Gasteiger charge is 2.16. The van der Waals surface area contributed by atoms with Gasteiger partial charge in [-0.25, -0.2) is 4.79 Å². The van der Waals surface area contributed by atoms with Crippen molar-refractivity contribution < 1.29 is 14.3 Å². The molecular formula is C9H14N4O3S. The monoisotopic (exact) mass is 258 g/mol. The molecule has 17 heavy (non-hydrogen) atoms. The van der Waals surface area contributed by atoms with Gasteiger partial charge in [0.05, 0.1) is 0 Å². The van der Waals surface area contributed by atoms with Crippen molar-refractivity contribution >= 4 is 28.5 Å². The summed E-state index contributed by atoms with van der Waals surface area (Å²) in [6.07, 6.45) is -0.634. The van der Waals surface area contributed by atoms with Crippen molar-refractivity contribution in [1.29, 1.82) is 0 Å². The fraction of sp³-hybridized carbons (Fsp3) is 0.556. The number of nitrogens with zero attached hydrogens (tertiary/aromatic N) is 2. The molecule has 0 radical (unpaired) electrons. The minimum atomic E-state index is -0.634. The van der Waals surface area contributed by atoms with Crippen LogP contribution in [0.25, 0.3) is 0 Å². The first-order valence-electron chi connectivity index (χ1n) is 4.90. The highest BCUT2D eigenvalue weighted by molar-refractivity contribution is 7.13. The molecule has 0 saturated carbocycles. The van der Waals surface area contributed by atoms with E-state index in [0.717, 1.165) is 0 Å². The third-order valence-corrected chi connectivity index (χ3v) is 2.01. The van der Waals surface area contributed by atoms with Gasteiger partial charge in [0.2, 0.25) is 11.0 Å². The van der Waals surface area contributed by atoms with Crippen molar-refractivity contribution in [1.82, 2.24) is 15.5 Å². The van der Waals surface area contributed by atoms with Crippen LogP contribution in [-0.2, 0) is 9.53 Å². The molecular weight excluding hydrogens is 244 g/mol. The van der Waals surface area contributed by atoms with Gasteiger partial charge in [0.25, 0.3) is 0 Å². The average Bonchev–Trinajstić information content (AvgIpc) is 2.64. The third-order valence-electron chi connectivity index (χ3n) is 1.40. The van der Waals surface area contributed by atoms with E-state index in [1.165, 1.54) is 16.8 Å². The number of carbonyl (C=O) groups excluding carboxylic acids is 2. The van der Waals surface area contributed by atoms with E-state index in [4.69, 9.17) is 4.74 Å². The Morgan fingerprint density at radius 1 is 1.47 bits per heavy atom. The molecule has 7 nitrogen and oxygen atoms in total. The van der Waals surface area contributed by atoms with Crippen molar-refractivity contribution in [3.05, 3.63) is 5.51 Å². The SMILES string of the molecule is CC(C)(C)OC(=O)NCC(=O)Nc1nncs1. The minimum Gasteiger partial charge on any atom is -0.444 e. The molecule has 94 valence electrons. The van der Waals surface area contributed by atoms with E-state index in [1.54, 1.807) is 20.8 Å². The summed E-state index contributed by atoms with van der Waals surface area (Å²) < 4.78 is 4.97. The smallest absolute Gasteiger partial charge is 0.408 e.